The van der Waals surface area contributed by atoms with E-state index < -0.39 is 0 Å². The first-order valence-electron chi connectivity index (χ1n) is 6.82. The summed E-state index contributed by atoms with van der Waals surface area (Å²) in [5.41, 5.74) is 3.29. The molecule has 2 heterocycles. The number of carbonyl (C=O) groups excluding carboxylic acids is 1. The molecule has 0 saturated carbocycles. The first-order valence-corrected chi connectivity index (χ1v) is 7.81. The molecule has 108 valence electrons. The molecule has 0 aliphatic carbocycles. The molecular weight excluding hydrogens is 282 g/mol. The number of nitrogens with one attached hydrogen (secondary N) is 1. The van der Waals surface area contributed by atoms with E-state index in [1.54, 1.807) is 23.7 Å². The number of nitrogens with zero attached hydrogens (tertiary/aromatic N) is 2. The minimum atomic E-state index is -0.111. The molecule has 0 saturated heterocycles. The lowest BCUT2D eigenvalue weighted by atomic mass is 9.96. The summed E-state index contributed by atoms with van der Waals surface area (Å²) >= 11 is 1.77. The van der Waals surface area contributed by atoms with E-state index in [2.05, 4.69) is 28.5 Å². The molecule has 1 aliphatic heterocycles. The third-order valence-corrected chi connectivity index (χ3v) is 4.82. The van der Waals surface area contributed by atoms with Crippen LogP contribution in [0.1, 0.15) is 22.9 Å². The minimum absolute atomic E-state index is 0.100. The summed E-state index contributed by atoms with van der Waals surface area (Å²) in [5, 5.41) is 2.70. The number of urea groups is 1. The van der Waals surface area contributed by atoms with Gasteiger partial charge in [0, 0.05) is 36.5 Å². The van der Waals surface area contributed by atoms with E-state index in [1.165, 1.54) is 4.90 Å². The number of hydrogen-bond acceptors (Lipinski definition) is 3. The highest BCUT2D eigenvalue weighted by Crippen LogP contribution is 2.40. The van der Waals surface area contributed by atoms with Crippen LogP contribution in [0.2, 0.25) is 0 Å². The maximum absolute atomic E-state index is 12.1. The van der Waals surface area contributed by atoms with Crippen LogP contribution in [0.5, 0.6) is 0 Å². The Kier molecular flexibility index (Phi) is 3.84. The first-order chi connectivity index (χ1) is 10.2. The molecule has 1 aliphatic rings. The van der Waals surface area contributed by atoms with Crippen molar-refractivity contribution in [1.29, 1.82) is 0 Å². The number of aromatic nitrogens is 1. The Morgan fingerprint density at radius 2 is 2.05 bits per heavy atom. The van der Waals surface area contributed by atoms with Crippen molar-refractivity contribution in [1.82, 2.24) is 15.2 Å². The fourth-order valence-electron chi connectivity index (χ4n) is 2.68. The van der Waals surface area contributed by atoms with E-state index in [0.29, 0.717) is 0 Å². The molecule has 5 heteroatoms. The van der Waals surface area contributed by atoms with Gasteiger partial charge < -0.3 is 10.2 Å². The van der Waals surface area contributed by atoms with E-state index in [1.807, 2.05) is 31.4 Å². The SMILES string of the molecule is CNC(=O)N(C)C1c2ccccc2SCc2ncccc21. The predicted octanol–water partition coefficient (Wildman–Crippen LogP) is 3.05. The molecule has 2 amide bonds. The number of hydrogen-bond donors (Lipinski definition) is 1. The van der Waals surface area contributed by atoms with Gasteiger partial charge in [-0.2, -0.15) is 0 Å². The van der Waals surface area contributed by atoms with E-state index in [4.69, 9.17) is 0 Å². The molecule has 0 spiro atoms. The van der Waals surface area contributed by atoms with Gasteiger partial charge in [-0.25, -0.2) is 4.79 Å². The molecule has 0 fully saturated rings. The van der Waals surface area contributed by atoms with E-state index >= 15 is 0 Å². The lowest BCUT2D eigenvalue weighted by Gasteiger charge is -2.29. The number of carbonyl (C=O) groups is 1. The number of pyridine rings is 1. The van der Waals surface area contributed by atoms with Crippen molar-refractivity contribution in [2.45, 2.75) is 16.7 Å². The van der Waals surface area contributed by atoms with Crippen LogP contribution >= 0.6 is 11.8 Å². The maximum atomic E-state index is 12.1. The fourth-order valence-corrected chi connectivity index (χ4v) is 3.74. The summed E-state index contributed by atoms with van der Waals surface area (Å²) in [6, 6.07) is 12.0. The van der Waals surface area contributed by atoms with Gasteiger partial charge in [0.15, 0.2) is 0 Å². The van der Waals surface area contributed by atoms with Gasteiger partial charge >= 0.3 is 6.03 Å². The van der Waals surface area contributed by atoms with Crippen LogP contribution in [-0.4, -0.2) is 30.0 Å². The van der Waals surface area contributed by atoms with Crippen molar-refractivity contribution in [3.63, 3.8) is 0 Å². The second kappa shape index (κ2) is 5.77. The van der Waals surface area contributed by atoms with Crippen molar-refractivity contribution < 1.29 is 4.79 Å². The standard InChI is InChI=1S/C16H17N3OS/c1-17-16(20)19(2)15-11-7-5-9-18-13(11)10-21-14-8-4-3-6-12(14)15/h3-9,15H,10H2,1-2H3,(H,17,20). The number of benzene rings is 1. The quantitative estimate of drug-likeness (QED) is 0.880. The topological polar surface area (TPSA) is 45.2 Å². The average Bonchev–Trinajstić information content (AvgIpc) is 2.70. The molecule has 21 heavy (non-hydrogen) atoms. The summed E-state index contributed by atoms with van der Waals surface area (Å²) in [6.45, 7) is 0. The smallest absolute Gasteiger partial charge is 0.317 e. The van der Waals surface area contributed by atoms with Crippen LogP contribution in [0.25, 0.3) is 0 Å². The summed E-state index contributed by atoms with van der Waals surface area (Å²) in [7, 11) is 3.48. The Labute approximate surface area is 128 Å². The minimum Gasteiger partial charge on any atom is -0.341 e. The van der Waals surface area contributed by atoms with E-state index in [9.17, 15) is 4.79 Å². The van der Waals surface area contributed by atoms with Crippen molar-refractivity contribution in [2.75, 3.05) is 14.1 Å². The molecule has 1 unspecified atom stereocenters. The van der Waals surface area contributed by atoms with Crippen molar-refractivity contribution in [2.24, 2.45) is 0 Å². The average molecular weight is 299 g/mol. The Morgan fingerprint density at radius 3 is 2.86 bits per heavy atom. The van der Waals surface area contributed by atoms with Gasteiger partial charge in [-0.15, -0.1) is 11.8 Å². The summed E-state index contributed by atoms with van der Waals surface area (Å²) < 4.78 is 0. The highest BCUT2D eigenvalue weighted by Gasteiger charge is 2.29. The second-order valence-corrected chi connectivity index (χ2v) is 5.95. The third-order valence-electron chi connectivity index (χ3n) is 3.72. The van der Waals surface area contributed by atoms with Crippen LogP contribution in [0.15, 0.2) is 47.5 Å². The fraction of sp³-hybridized carbons (Fsp3) is 0.250. The molecular formula is C16H17N3OS. The zero-order valence-electron chi connectivity index (χ0n) is 12.0. The van der Waals surface area contributed by atoms with Gasteiger partial charge in [0.25, 0.3) is 0 Å². The molecule has 1 N–H and O–H groups in total. The lowest BCUT2D eigenvalue weighted by Crippen LogP contribution is -2.38. The summed E-state index contributed by atoms with van der Waals surface area (Å²) in [6.07, 6.45) is 1.81. The summed E-state index contributed by atoms with van der Waals surface area (Å²) in [5.74, 6) is 0.825. The number of fused-ring (bicyclic) bond motifs is 2. The van der Waals surface area contributed by atoms with Crippen molar-refractivity contribution >= 4 is 17.8 Å². The molecule has 3 rings (SSSR count). The summed E-state index contributed by atoms with van der Waals surface area (Å²) in [4.78, 5) is 19.6. The van der Waals surface area contributed by atoms with Crippen LogP contribution in [-0.2, 0) is 5.75 Å². The Balaban J connectivity index is 2.17. The van der Waals surface area contributed by atoms with E-state index in [0.717, 1.165) is 22.6 Å². The van der Waals surface area contributed by atoms with Gasteiger partial charge in [-0.05, 0) is 17.7 Å². The maximum Gasteiger partial charge on any atom is 0.317 e. The molecule has 1 atom stereocenters. The molecule has 1 aromatic carbocycles. The van der Waals surface area contributed by atoms with Crippen molar-refractivity contribution in [3.05, 3.63) is 59.4 Å². The van der Waals surface area contributed by atoms with Crippen LogP contribution in [0.4, 0.5) is 4.79 Å². The third kappa shape index (κ3) is 2.49. The van der Waals surface area contributed by atoms with E-state index in [-0.39, 0.29) is 12.1 Å². The zero-order chi connectivity index (χ0) is 14.8. The number of amides is 2. The highest BCUT2D eigenvalue weighted by molar-refractivity contribution is 7.98. The van der Waals surface area contributed by atoms with Gasteiger partial charge in [0.2, 0.25) is 0 Å². The van der Waals surface area contributed by atoms with Crippen LogP contribution in [0, 0.1) is 0 Å². The molecule has 1 aromatic heterocycles. The molecule has 2 aromatic rings. The molecule has 0 bridgehead atoms. The van der Waals surface area contributed by atoms with Crippen molar-refractivity contribution in [3.8, 4) is 0 Å². The molecule has 4 nitrogen and oxygen atoms in total. The van der Waals surface area contributed by atoms with Gasteiger partial charge in [-0.3, -0.25) is 4.98 Å². The Bertz CT molecular complexity index is 627. The molecule has 0 radical (unpaired) electrons. The Hall–Kier alpha value is -2.01. The number of thioether (sulfide) groups is 1. The highest BCUT2D eigenvalue weighted by atomic mass is 32.2. The normalized spacial score (nSPS) is 16.4. The number of rotatable bonds is 1. The Morgan fingerprint density at radius 1 is 1.29 bits per heavy atom. The monoisotopic (exact) mass is 299 g/mol. The van der Waals surface area contributed by atoms with Crippen LogP contribution in [0.3, 0.4) is 0 Å². The largest absolute Gasteiger partial charge is 0.341 e. The van der Waals surface area contributed by atoms with Gasteiger partial charge in [0.05, 0.1) is 11.7 Å². The van der Waals surface area contributed by atoms with Crippen LogP contribution < -0.4 is 5.32 Å². The van der Waals surface area contributed by atoms with Gasteiger partial charge in [-0.1, -0.05) is 24.3 Å². The predicted molar refractivity (Wildman–Crippen MR) is 84.3 cm³/mol. The zero-order valence-corrected chi connectivity index (χ0v) is 12.9. The van der Waals surface area contributed by atoms with Gasteiger partial charge in [0.1, 0.15) is 0 Å². The lowest BCUT2D eigenvalue weighted by molar-refractivity contribution is 0.200. The second-order valence-electron chi connectivity index (χ2n) is 4.93. The first kappa shape index (κ1) is 13.9.